The minimum absolute atomic E-state index is 0.314. The Morgan fingerprint density at radius 2 is 1.77 bits per heavy atom. The minimum atomic E-state index is -0.314. The van der Waals surface area contributed by atoms with E-state index in [0.29, 0.717) is 11.1 Å². The Hall–Kier alpha value is -3.00. The van der Waals surface area contributed by atoms with E-state index in [2.05, 4.69) is 29.0 Å². The molecule has 0 aliphatic rings. The first-order valence-electron chi connectivity index (χ1n) is 9.48. The first-order valence-corrected chi connectivity index (χ1v) is 10.8. The number of hydrogen-bond acceptors (Lipinski definition) is 2. The van der Waals surface area contributed by atoms with Crippen LogP contribution in [0.15, 0.2) is 83.9 Å². The summed E-state index contributed by atoms with van der Waals surface area (Å²) in [5.74, 6) is 0.595. The van der Waals surface area contributed by atoms with Gasteiger partial charge in [0.1, 0.15) is 5.82 Å². The Kier molecular flexibility index (Phi) is 6.23. The molecular weight excluding hydrogens is 415 g/mol. The van der Waals surface area contributed by atoms with E-state index in [-0.39, 0.29) is 5.82 Å². The predicted octanol–water partition coefficient (Wildman–Crippen LogP) is 7.29. The number of hydrogen-bond donors (Lipinski definition) is 0. The van der Waals surface area contributed by atoms with Crippen molar-refractivity contribution >= 4 is 45.9 Å². The number of aromatic nitrogens is 1. The number of nitrogens with zero attached hydrogens (tertiary/aromatic N) is 2. The first-order chi connectivity index (χ1) is 14.6. The Bertz CT molecular complexity index is 1240. The number of rotatable bonds is 6. The standard InChI is InChI=1S/C25H18ClFN2S/c26-21-7-11-23(12-8-21)30-14-13-29-17-20(24-3-1-2-4-25(24)29)15-19(16-28)18-5-9-22(27)10-6-18/h1-12,15,17H,13-14H2/b19-15-. The maximum atomic E-state index is 13.2. The topological polar surface area (TPSA) is 28.7 Å². The molecule has 148 valence electrons. The van der Waals surface area contributed by atoms with Gasteiger partial charge in [-0.15, -0.1) is 11.8 Å². The van der Waals surface area contributed by atoms with Crippen LogP contribution in [0.5, 0.6) is 0 Å². The fourth-order valence-electron chi connectivity index (χ4n) is 3.33. The summed E-state index contributed by atoms with van der Waals surface area (Å²) < 4.78 is 15.5. The number of thioether (sulfide) groups is 1. The molecule has 0 radical (unpaired) electrons. The smallest absolute Gasteiger partial charge is 0.123 e. The summed E-state index contributed by atoms with van der Waals surface area (Å²) in [4.78, 5) is 1.18. The molecule has 0 spiro atoms. The summed E-state index contributed by atoms with van der Waals surface area (Å²) in [7, 11) is 0. The first kappa shape index (κ1) is 20.3. The molecular formula is C25H18ClFN2S. The molecule has 0 bridgehead atoms. The van der Waals surface area contributed by atoms with Gasteiger partial charge in [0.05, 0.1) is 11.6 Å². The summed E-state index contributed by atoms with van der Waals surface area (Å²) in [6.07, 6.45) is 3.95. The highest BCUT2D eigenvalue weighted by Gasteiger charge is 2.09. The second-order valence-electron chi connectivity index (χ2n) is 6.77. The van der Waals surface area contributed by atoms with Crippen LogP contribution in [-0.2, 0) is 6.54 Å². The van der Waals surface area contributed by atoms with E-state index >= 15 is 0 Å². The normalized spacial score (nSPS) is 11.6. The number of halogens is 2. The third-order valence-corrected chi connectivity index (χ3v) is 6.05. The Morgan fingerprint density at radius 1 is 1.03 bits per heavy atom. The van der Waals surface area contributed by atoms with Crippen LogP contribution < -0.4 is 0 Å². The van der Waals surface area contributed by atoms with Gasteiger partial charge in [-0.1, -0.05) is 41.9 Å². The molecule has 4 rings (SSSR count). The molecule has 0 saturated heterocycles. The lowest BCUT2D eigenvalue weighted by Crippen LogP contribution is -1.98. The minimum Gasteiger partial charge on any atom is -0.346 e. The Labute approximate surface area is 184 Å². The molecule has 0 N–H and O–H groups in total. The van der Waals surface area contributed by atoms with Gasteiger partial charge in [-0.25, -0.2) is 4.39 Å². The van der Waals surface area contributed by atoms with Gasteiger partial charge in [0, 0.05) is 44.9 Å². The molecule has 1 heterocycles. The molecule has 0 aliphatic heterocycles. The van der Waals surface area contributed by atoms with E-state index in [9.17, 15) is 9.65 Å². The van der Waals surface area contributed by atoms with Crippen LogP contribution in [0.1, 0.15) is 11.1 Å². The van der Waals surface area contributed by atoms with Crippen LogP contribution in [0.25, 0.3) is 22.6 Å². The maximum Gasteiger partial charge on any atom is 0.123 e. The zero-order valence-corrected chi connectivity index (χ0v) is 17.6. The average molecular weight is 433 g/mol. The van der Waals surface area contributed by atoms with Gasteiger partial charge >= 0.3 is 0 Å². The van der Waals surface area contributed by atoms with E-state index in [1.807, 2.05) is 42.5 Å². The van der Waals surface area contributed by atoms with Crippen molar-refractivity contribution in [1.82, 2.24) is 4.57 Å². The second kappa shape index (κ2) is 9.21. The lowest BCUT2D eigenvalue weighted by atomic mass is 10.0. The summed E-state index contributed by atoms with van der Waals surface area (Å²) in [5.41, 5.74) is 3.31. The molecule has 2 nitrogen and oxygen atoms in total. The third-order valence-electron chi connectivity index (χ3n) is 4.81. The van der Waals surface area contributed by atoms with Crippen molar-refractivity contribution in [2.24, 2.45) is 0 Å². The van der Waals surface area contributed by atoms with Crippen molar-refractivity contribution in [2.75, 3.05) is 5.75 Å². The van der Waals surface area contributed by atoms with Crippen molar-refractivity contribution in [3.63, 3.8) is 0 Å². The van der Waals surface area contributed by atoms with Gasteiger partial charge in [-0.2, -0.15) is 5.26 Å². The summed E-state index contributed by atoms with van der Waals surface area (Å²) in [6.45, 7) is 0.833. The van der Waals surface area contributed by atoms with Crippen LogP contribution >= 0.6 is 23.4 Å². The molecule has 0 saturated carbocycles. The highest BCUT2D eigenvalue weighted by Crippen LogP contribution is 2.27. The van der Waals surface area contributed by atoms with Crippen LogP contribution in [0, 0.1) is 17.1 Å². The highest BCUT2D eigenvalue weighted by molar-refractivity contribution is 7.99. The van der Waals surface area contributed by atoms with Crippen LogP contribution in [0.4, 0.5) is 4.39 Å². The molecule has 3 aromatic carbocycles. The van der Waals surface area contributed by atoms with Gasteiger partial charge in [0.2, 0.25) is 0 Å². The van der Waals surface area contributed by atoms with Gasteiger partial charge in [-0.05, 0) is 54.1 Å². The molecule has 0 amide bonds. The predicted molar refractivity (Wildman–Crippen MR) is 124 cm³/mol. The van der Waals surface area contributed by atoms with Crippen LogP contribution in [-0.4, -0.2) is 10.3 Å². The van der Waals surface area contributed by atoms with Gasteiger partial charge in [0.25, 0.3) is 0 Å². The van der Waals surface area contributed by atoms with E-state index in [0.717, 1.165) is 33.8 Å². The van der Waals surface area contributed by atoms with Crippen LogP contribution in [0.3, 0.4) is 0 Å². The molecule has 0 atom stereocenters. The summed E-state index contributed by atoms with van der Waals surface area (Å²) in [6, 6.07) is 24.3. The fraction of sp³-hybridized carbons (Fsp3) is 0.0800. The fourth-order valence-corrected chi connectivity index (χ4v) is 4.31. The summed E-state index contributed by atoms with van der Waals surface area (Å²) >= 11 is 7.73. The number of aryl methyl sites for hydroxylation is 1. The monoisotopic (exact) mass is 432 g/mol. The van der Waals surface area contributed by atoms with Crippen molar-refractivity contribution in [2.45, 2.75) is 11.4 Å². The zero-order chi connectivity index (χ0) is 20.9. The van der Waals surface area contributed by atoms with Gasteiger partial charge in [0.15, 0.2) is 0 Å². The number of fused-ring (bicyclic) bond motifs is 1. The van der Waals surface area contributed by atoms with Gasteiger partial charge in [-0.3, -0.25) is 0 Å². The van der Waals surface area contributed by atoms with Gasteiger partial charge < -0.3 is 4.57 Å². The molecule has 4 aromatic rings. The number of nitriles is 1. The van der Waals surface area contributed by atoms with Crippen molar-refractivity contribution in [1.29, 1.82) is 5.26 Å². The molecule has 5 heteroatoms. The van der Waals surface area contributed by atoms with Crippen molar-refractivity contribution < 1.29 is 4.39 Å². The molecule has 0 fully saturated rings. The number of benzene rings is 3. The van der Waals surface area contributed by atoms with E-state index < -0.39 is 0 Å². The highest BCUT2D eigenvalue weighted by atomic mass is 35.5. The molecule has 0 unspecified atom stereocenters. The third kappa shape index (κ3) is 4.59. The molecule has 1 aromatic heterocycles. The van der Waals surface area contributed by atoms with Crippen molar-refractivity contribution in [3.8, 4) is 6.07 Å². The van der Waals surface area contributed by atoms with E-state index in [1.54, 1.807) is 23.9 Å². The Morgan fingerprint density at radius 3 is 2.50 bits per heavy atom. The average Bonchev–Trinajstić information content (AvgIpc) is 3.12. The largest absolute Gasteiger partial charge is 0.346 e. The van der Waals surface area contributed by atoms with E-state index in [4.69, 9.17) is 11.6 Å². The Balaban J connectivity index is 1.60. The van der Waals surface area contributed by atoms with E-state index in [1.165, 1.54) is 17.0 Å². The number of para-hydroxylation sites is 1. The maximum absolute atomic E-state index is 13.2. The lowest BCUT2D eigenvalue weighted by molar-refractivity contribution is 0.627. The quantitative estimate of drug-likeness (QED) is 0.236. The number of allylic oxidation sites excluding steroid dienone is 1. The summed E-state index contributed by atoms with van der Waals surface area (Å²) in [5, 5.41) is 11.5. The molecule has 30 heavy (non-hydrogen) atoms. The zero-order valence-electron chi connectivity index (χ0n) is 16.1. The lowest BCUT2D eigenvalue weighted by Gasteiger charge is -2.05. The second-order valence-corrected chi connectivity index (χ2v) is 8.38. The van der Waals surface area contributed by atoms with Crippen molar-refractivity contribution in [3.05, 3.63) is 101 Å². The van der Waals surface area contributed by atoms with Crippen LogP contribution in [0.2, 0.25) is 5.02 Å². The SMILES string of the molecule is N#C/C(=C/c1cn(CCSc2ccc(Cl)cc2)c2ccccc12)c1ccc(F)cc1. The molecule has 0 aliphatic carbocycles.